The van der Waals surface area contributed by atoms with Gasteiger partial charge in [0.05, 0.1) is 22.5 Å². The van der Waals surface area contributed by atoms with Crippen molar-refractivity contribution in [1.82, 2.24) is 14.3 Å². The number of pyridine rings is 1. The van der Waals surface area contributed by atoms with E-state index in [0.29, 0.717) is 17.8 Å². The normalized spacial score (nSPS) is 21.3. The lowest BCUT2D eigenvalue weighted by Crippen LogP contribution is -2.39. The molecule has 0 aliphatic carbocycles. The number of amides is 1. The predicted octanol–water partition coefficient (Wildman–Crippen LogP) is 2.88. The molecule has 2 fully saturated rings. The first kappa shape index (κ1) is 21.8. The van der Waals surface area contributed by atoms with Crippen LogP contribution in [0.5, 0.6) is 11.6 Å². The second-order valence-electron chi connectivity index (χ2n) is 7.59. The van der Waals surface area contributed by atoms with Crippen molar-refractivity contribution < 1.29 is 17.9 Å². The van der Waals surface area contributed by atoms with Gasteiger partial charge < -0.3 is 4.74 Å². The van der Waals surface area contributed by atoms with Gasteiger partial charge >= 0.3 is 0 Å². The minimum absolute atomic E-state index is 0.0266. The van der Waals surface area contributed by atoms with E-state index in [1.54, 1.807) is 48.7 Å². The first-order valence-electron chi connectivity index (χ1n) is 10.0. The van der Waals surface area contributed by atoms with Crippen molar-refractivity contribution in [2.75, 3.05) is 11.5 Å². The lowest BCUT2D eigenvalue weighted by atomic mass is 10.2. The highest BCUT2D eigenvalue weighted by Gasteiger charge is 2.42. The molecule has 8 nitrogen and oxygen atoms in total. The molecule has 1 amide bonds. The number of thiocarbonyl (C=S) groups is 1. The van der Waals surface area contributed by atoms with Gasteiger partial charge in [0.2, 0.25) is 5.88 Å². The van der Waals surface area contributed by atoms with Gasteiger partial charge in [-0.3, -0.25) is 18.9 Å². The van der Waals surface area contributed by atoms with Crippen LogP contribution in [0.25, 0.3) is 11.7 Å². The number of benzene rings is 1. The van der Waals surface area contributed by atoms with Crippen LogP contribution in [-0.2, 0) is 14.6 Å². The molecule has 1 unspecified atom stereocenters. The Morgan fingerprint density at radius 1 is 1.12 bits per heavy atom. The molecule has 2 saturated heterocycles. The zero-order valence-electron chi connectivity index (χ0n) is 17.1. The van der Waals surface area contributed by atoms with Crippen molar-refractivity contribution in [3.63, 3.8) is 0 Å². The first-order chi connectivity index (χ1) is 15.8. The number of ether oxygens (including phenoxy) is 1. The Morgan fingerprint density at radius 2 is 1.88 bits per heavy atom. The van der Waals surface area contributed by atoms with E-state index in [1.165, 1.54) is 15.4 Å². The Labute approximate surface area is 198 Å². The number of fused-ring (bicyclic) bond motifs is 1. The van der Waals surface area contributed by atoms with Gasteiger partial charge in [-0.2, -0.15) is 4.98 Å². The summed E-state index contributed by atoms with van der Waals surface area (Å²) in [5, 5.41) is 0. The van der Waals surface area contributed by atoms with Crippen LogP contribution in [0.2, 0.25) is 0 Å². The maximum absolute atomic E-state index is 13.3. The number of para-hydroxylation sites is 1. The van der Waals surface area contributed by atoms with Crippen LogP contribution < -0.4 is 10.3 Å². The minimum Gasteiger partial charge on any atom is -0.438 e. The third-order valence-corrected chi connectivity index (χ3v) is 8.45. The first-order valence-corrected chi connectivity index (χ1v) is 13.1. The highest BCUT2D eigenvalue weighted by Crippen LogP contribution is 2.37. The summed E-state index contributed by atoms with van der Waals surface area (Å²) in [6.07, 6.45) is 3.35. The van der Waals surface area contributed by atoms with Gasteiger partial charge in [-0.15, -0.1) is 0 Å². The van der Waals surface area contributed by atoms with E-state index in [9.17, 15) is 18.0 Å². The Morgan fingerprint density at radius 3 is 2.61 bits per heavy atom. The van der Waals surface area contributed by atoms with Gasteiger partial charge in [0, 0.05) is 6.20 Å². The molecular formula is C22H17N3O5S3. The maximum atomic E-state index is 13.3. The zero-order chi connectivity index (χ0) is 23.2. The number of carbonyl (C=O) groups is 1. The van der Waals surface area contributed by atoms with Gasteiger partial charge in [-0.05, 0) is 36.8 Å². The molecule has 2 aromatic heterocycles. The Hall–Kier alpha value is -3.02. The Balaban J connectivity index is 1.58. The summed E-state index contributed by atoms with van der Waals surface area (Å²) >= 11 is 6.41. The Bertz CT molecular complexity index is 1480. The van der Waals surface area contributed by atoms with E-state index in [1.807, 2.05) is 6.07 Å². The quantitative estimate of drug-likeness (QED) is 0.399. The van der Waals surface area contributed by atoms with E-state index in [4.69, 9.17) is 17.0 Å². The fourth-order valence-corrected chi connectivity index (χ4v) is 6.87. The van der Waals surface area contributed by atoms with Gasteiger partial charge in [0.1, 0.15) is 21.3 Å². The summed E-state index contributed by atoms with van der Waals surface area (Å²) in [5.41, 5.74) is 0.0941. The van der Waals surface area contributed by atoms with Crippen LogP contribution in [-0.4, -0.2) is 50.5 Å². The summed E-state index contributed by atoms with van der Waals surface area (Å²) < 4.78 is 31.3. The van der Waals surface area contributed by atoms with Crippen molar-refractivity contribution in [1.29, 1.82) is 0 Å². The lowest BCUT2D eigenvalue weighted by Gasteiger charge is -2.20. The molecule has 0 N–H and O–H groups in total. The van der Waals surface area contributed by atoms with E-state index in [0.717, 1.165) is 11.8 Å². The van der Waals surface area contributed by atoms with Gasteiger partial charge in [-0.25, -0.2) is 8.42 Å². The van der Waals surface area contributed by atoms with Crippen molar-refractivity contribution >= 4 is 55.8 Å². The summed E-state index contributed by atoms with van der Waals surface area (Å²) in [4.78, 5) is 32.5. The lowest BCUT2D eigenvalue weighted by molar-refractivity contribution is -0.123. The SMILES string of the molecule is O=C1C(=Cc2c(Oc3ccccc3)nc3ccccn3c2=O)SC(=S)N1C1CCS(=O)(=O)C1. The fourth-order valence-electron chi connectivity index (χ4n) is 3.79. The van der Waals surface area contributed by atoms with E-state index in [-0.39, 0.29) is 32.2 Å². The third kappa shape index (κ3) is 4.19. The molecule has 2 aliphatic heterocycles. The number of aromatic nitrogens is 2. The maximum Gasteiger partial charge on any atom is 0.269 e. The van der Waals surface area contributed by atoms with Crippen LogP contribution in [0.4, 0.5) is 0 Å². The number of thioether (sulfide) groups is 1. The second kappa shape index (κ2) is 8.40. The van der Waals surface area contributed by atoms with Crippen molar-refractivity contribution in [3.05, 3.63) is 75.6 Å². The van der Waals surface area contributed by atoms with Gasteiger partial charge in [0.25, 0.3) is 11.5 Å². The van der Waals surface area contributed by atoms with E-state index < -0.39 is 27.3 Å². The van der Waals surface area contributed by atoms with Crippen LogP contribution in [0, 0.1) is 0 Å². The number of nitrogens with zero attached hydrogens (tertiary/aromatic N) is 3. The van der Waals surface area contributed by atoms with Crippen LogP contribution in [0.3, 0.4) is 0 Å². The van der Waals surface area contributed by atoms with Crippen LogP contribution in [0.1, 0.15) is 12.0 Å². The van der Waals surface area contributed by atoms with Gasteiger partial charge in [0.15, 0.2) is 9.84 Å². The zero-order valence-corrected chi connectivity index (χ0v) is 19.5. The number of carbonyl (C=O) groups excluding carboxylic acids is 1. The highest BCUT2D eigenvalue weighted by atomic mass is 32.2. The summed E-state index contributed by atoms with van der Waals surface area (Å²) in [6.45, 7) is 0. The second-order valence-corrected chi connectivity index (χ2v) is 11.5. The molecule has 0 bridgehead atoms. The van der Waals surface area contributed by atoms with E-state index in [2.05, 4.69) is 4.98 Å². The number of hydrogen-bond acceptors (Lipinski definition) is 8. The summed E-state index contributed by atoms with van der Waals surface area (Å²) in [5.74, 6) is 0.0399. The van der Waals surface area contributed by atoms with Crippen LogP contribution in [0.15, 0.2) is 64.4 Å². The molecule has 5 rings (SSSR count). The average molecular weight is 500 g/mol. The molecule has 2 aliphatic rings. The molecule has 0 spiro atoms. The average Bonchev–Trinajstić information content (AvgIpc) is 3.28. The summed E-state index contributed by atoms with van der Waals surface area (Å²) in [7, 11) is -3.19. The molecule has 11 heteroatoms. The largest absolute Gasteiger partial charge is 0.438 e. The minimum atomic E-state index is -3.19. The molecule has 3 aromatic rings. The monoisotopic (exact) mass is 499 g/mol. The van der Waals surface area contributed by atoms with Crippen molar-refractivity contribution in [3.8, 4) is 11.6 Å². The summed E-state index contributed by atoms with van der Waals surface area (Å²) in [6, 6.07) is 13.5. The Kier molecular flexibility index (Phi) is 5.55. The number of rotatable bonds is 4. The molecule has 1 aromatic carbocycles. The highest BCUT2D eigenvalue weighted by molar-refractivity contribution is 8.26. The van der Waals surface area contributed by atoms with Crippen molar-refractivity contribution in [2.45, 2.75) is 12.5 Å². The molecule has 33 heavy (non-hydrogen) atoms. The fraction of sp³-hybridized carbons (Fsp3) is 0.182. The topological polar surface area (TPSA) is 98.0 Å². The molecular weight excluding hydrogens is 482 g/mol. The predicted molar refractivity (Wildman–Crippen MR) is 130 cm³/mol. The smallest absolute Gasteiger partial charge is 0.269 e. The standard InChI is InChI=1S/C22H17N3O5S3/c26-20-16(12-17-21(27)25(22(31)32-17)14-9-11-33(28,29)13-14)19(30-15-6-2-1-3-7-15)23-18-8-4-5-10-24(18)20/h1-8,10,12,14H,9,11,13H2. The number of sulfone groups is 1. The molecule has 0 radical (unpaired) electrons. The van der Waals surface area contributed by atoms with E-state index >= 15 is 0 Å². The molecule has 4 heterocycles. The third-order valence-electron chi connectivity index (χ3n) is 5.36. The van der Waals surface area contributed by atoms with Gasteiger partial charge in [-0.1, -0.05) is 48.2 Å². The molecule has 0 saturated carbocycles. The van der Waals surface area contributed by atoms with Crippen LogP contribution >= 0.6 is 24.0 Å². The molecule has 1 atom stereocenters. The number of hydrogen-bond donors (Lipinski definition) is 0. The van der Waals surface area contributed by atoms with Crippen molar-refractivity contribution in [2.24, 2.45) is 0 Å². The molecule has 168 valence electrons.